The highest BCUT2D eigenvalue weighted by atomic mass is 16.5. The molecule has 0 aromatic heterocycles. The van der Waals surface area contributed by atoms with E-state index in [1.54, 1.807) is 7.11 Å². The predicted octanol–water partition coefficient (Wildman–Crippen LogP) is -0.0141. The van der Waals surface area contributed by atoms with Crippen LogP contribution in [-0.4, -0.2) is 61.9 Å². The first-order valence-corrected chi connectivity index (χ1v) is 6.37. The van der Waals surface area contributed by atoms with Crippen molar-refractivity contribution in [3.8, 4) is 0 Å². The van der Waals surface area contributed by atoms with Gasteiger partial charge in [0.2, 0.25) is 5.91 Å². The van der Waals surface area contributed by atoms with Crippen LogP contribution in [0.1, 0.15) is 25.7 Å². The quantitative estimate of drug-likeness (QED) is 0.630. The number of hydrogen-bond acceptors (Lipinski definition) is 4. The Kier molecular flexibility index (Phi) is 7.16. The third-order valence-corrected chi connectivity index (χ3v) is 3.11. The molecule has 1 saturated heterocycles. The molecule has 0 aromatic rings. The number of nitrogens with one attached hydrogen (secondary N) is 1. The monoisotopic (exact) mass is 244 g/mol. The van der Waals surface area contributed by atoms with Gasteiger partial charge in [-0.3, -0.25) is 4.79 Å². The van der Waals surface area contributed by atoms with Crippen molar-refractivity contribution in [2.45, 2.75) is 31.7 Å². The van der Waals surface area contributed by atoms with Crippen LogP contribution in [0.15, 0.2) is 0 Å². The summed E-state index contributed by atoms with van der Waals surface area (Å²) in [5.41, 5.74) is 0. The predicted molar refractivity (Wildman–Crippen MR) is 65.8 cm³/mol. The van der Waals surface area contributed by atoms with Crippen LogP contribution >= 0.6 is 0 Å². The minimum absolute atomic E-state index is 0.0204. The first-order valence-electron chi connectivity index (χ1n) is 6.37. The van der Waals surface area contributed by atoms with Crippen molar-refractivity contribution in [2.75, 3.05) is 40.0 Å². The zero-order chi connectivity index (χ0) is 12.5. The highest BCUT2D eigenvalue weighted by Gasteiger charge is 2.15. The van der Waals surface area contributed by atoms with Crippen LogP contribution in [0.3, 0.4) is 0 Å². The molecule has 1 unspecified atom stereocenters. The van der Waals surface area contributed by atoms with Gasteiger partial charge in [-0.05, 0) is 32.4 Å². The number of hydrogen-bond donors (Lipinski definition) is 2. The van der Waals surface area contributed by atoms with Crippen LogP contribution in [-0.2, 0) is 9.53 Å². The van der Waals surface area contributed by atoms with Crippen LogP contribution < -0.4 is 5.32 Å². The molecule has 1 aliphatic heterocycles. The van der Waals surface area contributed by atoms with E-state index < -0.39 is 0 Å². The minimum Gasteiger partial charge on any atom is -0.394 e. The SMILES string of the molecule is COCCC(CO)NC(=O)CCN1CCCC1. The van der Waals surface area contributed by atoms with Crippen LogP contribution in [0.4, 0.5) is 0 Å². The summed E-state index contributed by atoms with van der Waals surface area (Å²) in [7, 11) is 1.61. The Morgan fingerprint density at radius 3 is 2.76 bits per heavy atom. The average Bonchev–Trinajstić information content (AvgIpc) is 2.85. The number of carbonyl (C=O) groups is 1. The van der Waals surface area contributed by atoms with E-state index >= 15 is 0 Å². The third kappa shape index (κ3) is 6.00. The second-order valence-electron chi connectivity index (χ2n) is 4.53. The highest BCUT2D eigenvalue weighted by molar-refractivity contribution is 5.76. The van der Waals surface area contributed by atoms with Gasteiger partial charge in [-0.15, -0.1) is 0 Å². The molecule has 1 fully saturated rings. The lowest BCUT2D eigenvalue weighted by atomic mass is 10.2. The molecule has 5 nitrogen and oxygen atoms in total. The Hall–Kier alpha value is -0.650. The number of aliphatic hydroxyl groups excluding tert-OH is 1. The molecule has 0 bridgehead atoms. The molecule has 17 heavy (non-hydrogen) atoms. The molecule has 0 radical (unpaired) electrons. The van der Waals surface area contributed by atoms with Crippen molar-refractivity contribution in [1.29, 1.82) is 0 Å². The number of ether oxygens (including phenoxy) is 1. The topological polar surface area (TPSA) is 61.8 Å². The van der Waals surface area contributed by atoms with Gasteiger partial charge in [-0.25, -0.2) is 0 Å². The minimum atomic E-state index is -0.180. The van der Waals surface area contributed by atoms with Gasteiger partial charge in [0.15, 0.2) is 0 Å². The molecule has 1 rings (SSSR count). The fourth-order valence-corrected chi connectivity index (χ4v) is 2.03. The molecule has 100 valence electrons. The average molecular weight is 244 g/mol. The van der Waals surface area contributed by atoms with Crippen molar-refractivity contribution in [2.24, 2.45) is 0 Å². The van der Waals surface area contributed by atoms with Crippen LogP contribution in [0.25, 0.3) is 0 Å². The smallest absolute Gasteiger partial charge is 0.221 e. The number of aliphatic hydroxyl groups is 1. The van der Waals surface area contributed by atoms with Crippen molar-refractivity contribution < 1.29 is 14.6 Å². The maximum absolute atomic E-state index is 11.6. The molecule has 0 saturated carbocycles. The van der Waals surface area contributed by atoms with Crippen molar-refractivity contribution in [1.82, 2.24) is 10.2 Å². The van der Waals surface area contributed by atoms with Gasteiger partial charge in [-0.2, -0.15) is 0 Å². The highest BCUT2D eigenvalue weighted by Crippen LogP contribution is 2.07. The number of carbonyl (C=O) groups excluding carboxylic acids is 1. The lowest BCUT2D eigenvalue weighted by Gasteiger charge is -2.18. The van der Waals surface area contributed by atoms with Crippen molar-refractivity contribution in [3.05, 3.63) is 0 Å². The molecule has 1 aliphatic rings. The summed E-state index contributed by atoms with van der Waals surface area (Å²) < 4.78 is 4.93. The van der Waals surface area contributed by atoms with E-state index in [2.05, 4.69) is 10.2 Å². The van der Waals surface area contributed by atoms with Crippen LogP contribution in [0, 0.1) is 0 Å². The third-order valence-electron chi connectivity index (χ3n) is 3.11. The fraction of sp³-hybridized carbons (Fsp3) is 0.917. The van der Waals surface area contributed by atoms with Gasteiger partial charge in [0.1, 0.15) is 0 Å². The Morgan fingerprint density at radius 1 is 1.47 bits per heavy atom. The lowest BCUT2D eigenvalue weighted by molar-refractivity contribution is -0.122. The molecule has 0 spiro atoms. The van der Waals surface area contributed by atoms with Crippen molar-refractivity contribution in [3.63, 3.8) is 0 Å². The first kappa shape index (κ1) is 14.4. The molecule has 5 heteroatoms. The van der Waals surface area contributed by atoms with Gasteiger partial charge in [0.25, 0.3) is 0 Å². The molecule has 0 aliphatic carbocycles. The zero-order valence-electron chi connectivity index (χ0n) is 10.7. The summed E-state index contributed by atoms with van der Waals surface area (Å²) in [5, 5.41) is 11.9. The Labute approximate surface area is 103 Å². The molecule has 2 N–H and O–H groups in total. The maximum atomic E-state index is 11.6. The van der Waals surface area contributed by atoms with Gasteiger partial charge < -0.3 is 20.1 Å². The maximum Gasteiger partial charge on any atom is 0.221 e. The van der Waals surface area contributed by atoms with E-state index in [1.807, 2.05) is 0 Å². The summed E-state index contributed by atoms with van der Waals surface area (Å²) in [6.07, 6.45) is 3.66. The van der Waals surface area contributed by atoms with Crippen LogP contribution in [0.5, 0.6) is 0 Å². The number of likely N-dealkylation sites (tertiary alicyclic amines) is 1. The Bertz CT molecular complexity index is 218. The second kappa shape index (κ2) is 8.44. The first-order chi connectivity index (χ1) is 8.26. The number of methoxy groups -OCH3 is 1. The standard InChI is InChI=1S/C12H24N2O3/c1-17-9-5-11(10-15)13-12(16)4-8-14-6-2-3-7-14/h11,15H,2-10H2,1H3,(H,13,16). The van der Waals surface area contributed by atoms with Crippen molar-refractivity contribution >= 4 is 5.91 Å². The van der Waals surface area contributed by atoms with Gasteiger partial charge >= 0.3 is 0 Å². The summed E-state index contributed by atoms with van der Waals surface area (Å²) in [4.78, 5) is 14.0. The number of amides is 1. The van der Waals surface area contributed by atoms with E-state index in [0.717, 1.165) is 19.6 Å². The van der Waals surface area contributed by atoms with E-state index in [4.69, 9.17) is 9.84 Å². The second-order valence-corrected chi connectivity index (χ2v) is 4.53. The lowest BCUT2D eigenvalue weighted by Crippen LogP contribution is -2.39. The normalized spacial score (nSPS) is 18.2. The van der Waals surface area contributed by atoms with E-state index in [1.165, 1.54) is 12.8 Å². The molecule has 0 aromatic carbocycles. The summed E-state index contributed by atoms with van der Waals surface area (Å²) in [6.45, 7) is 3.57. The molecule has 1 heterocycles. The van der Waals surface area contributed by atoms with E-state index in [-0.39, 0.29) is 18.6 Å². The summed E-state index contributed by atoms with van der Waals surface area (Å²) in [5.74, 6) is 0.0204. The summed E-state index contributed by atoms with van der Waals surface area (Å²) >= 11 is 0. The van der Waals surface area contributed by atoms with Gasteiger partial charge in [0, 0.05) is 26.7 Å². The zero-order valence-corrected chi connectivity index (χ0v) is 10.7. The fourth-order valence-electron chi connectivity index (χ4n) is 2.03. The number of nitrogens with zero attached hydrogens (tertiary/aromatic N) is 1. The summed E-state index contributed by atoms with van der Waals surface area (Å²) in [6, 6.07) is -0.180. The Balaban J connectivity index is 2.12. The largest absolute Gasteiger partial charge is 0.394 e. The molecule has 1 atom stereocenters. The van der Waals surface area contributed by atoms with E-state index in [0.29, 0.717) is 19.4 Å². The molecular weight excluding hydrogens is 220 g/mol. The van der Waals surface area contributed by atoms with Gasteiger partial charge in [-0.1, -0.05) is 0 Å². The van der Waals surface area contributed by atoms with Gasteiger partial charge in [0.05, 0.1) is 12.6 Å². The van der Waals surface area contributed by atoms with Crippen LogP contribution in [0.2, 0.25) is 0 Å². The molecule has 1 amide bonds. The number of rotatable bonds is 8. The Morgan fingerprint density at radius 2 is 2.18 bits per heavy atom. The molecular formula is C12H24N2O3. The van der Waals surface area contributed by atoms with E-state index in [9.17, 15) is 4.79 Å².